The first kappa shape index (κ1) is 16.7. The third-order valence-corrected chi connectivity index (χ3v) is 4.93. The molecule has 1 N–H and O–H groups in total. The zero-order chi connectivity index (χ0) is 18.1. The molecule has 0 saturated heterocycles. The summed E-state index contributed by atoms with van der Waals surface area (Å²) >= 11 is 6.42. The number of hydrogen-bond donors (Lipinski definition) is 1. The molecule has 3 nitrogen and oxygen atoms in total. The number of aromatic nitrogens is 1. The van der Waals surface area contributed by atoms with E-state index in [1.165, 1.54) is 23.3 Å². The topological polar surface area (TPSA) is 42.0 Å². The number of anilines is 1. The minimum absolute atomic E-state index is 0.0138. The van der Waals surface area contributed by atoms with Crippen LogP contribution >= 0.6 is 11.6 Å². The fourth-order valence-corrected chi connectivity index (χ4v) is 3.57. The molecule has 1 aliphatic carbocycles. The average molecular weight is 367 g/mol. The largest absolute Gasteiger partial charge is 0.306 e. The van der Waals surface area contributed by atoms with Gasteiger partial charge in [-0.05, 0) is 66.8 Å². The van der Waals surface area contributed by atoms with Crippen molar-refractivity contribution in [3.05, 3.63) is 82.3 Å². The lowest BCUT2D eigenvalue weighted by Gasteiger charge is -2.10. The Labute approximate surface area is 155 Å². The normalized spacial score (nSPS) is 12.7. The van der Waals surface area contributed by atoms with Gasteiger partial charge in [-0.2, -0.15) is 0 Å². The number of benzene rings is 2. The summed E-state index contributed by atoms with van der Waals surface area (Å²) < 4.78 is 13.7. The molecule has 0 atom stereocenters. The standard InChI is InChI=1S/C21H16ClFN2O/c22-18-11-14-5-3-4-13(14)10-17(18)15-8-9-20(24-12-15)25-21(26)16-6-1-2-7-19(16)23/h1-2,6-12H,3-5H2,(H,24,25,26). The second-order valence-corrected chi connectivity index (χ2v) is 6.73. The van der Waals surface area contributed by atoms with Gasteiger partial charge in [0.1, 0.15) is 11.6 Å². The number of fused-ring (bicyclic) bond motifs is 1. The minimum atomic E-state index is -0.563. The maximum absolute atomic E-state index is 13.7. The number of amides is 1. The van der Waals surface area contributed by atoms with Crippen LogP contribution in [0.1, 0.15) is 27.9 Å². The fraction of sp³-hybridized carbons (Fsp3) is 0.143. The van der Waals surface area contributed by atoms with Gasteiger partial charge in [0.15, 0.2) is 0 Å². The SMILES string of the molecule is O=C(Nc1ccc(-c2cc3c(cc2Cl)CCC3)cn1)c1ccccc1F. The van der Waals surface area contributed by atoms with Crippen molar-refractivity contribution in [2.45, 2.75) is 19.3 Å². The van der Waals surface area contributed by atoms with Crippen LogP contribution in [0, 0.1) is 5.82 Å². The first-order valence-electron chi connectivity index (χ1n) is 8.45. The highest BCUT2D eigenvalue weighted by Crippen LogP contribution is 2.34. The molecule has 5 heteroatoms. The average Bonchev–Trinajstić information content (AvgIpc) is 3.09. The number of pyridine rings is 1. The van der Waals surface area contributed by atoms with E-state index in [0.717, 1.165) is 30.4 Å². The van der Waals surface area contributed by atoms with Crippen LogP contribution in [0.5, 0.6) is 0 Å². The molecule has 0 aliphatic heterocycles. The van der Waals surface area contributed by atoms with Gasteiger partial charge < -0.3 is 5.32 Å². The summed E-state index contributed by atoms with van der Waals surface area (Å²) in [7, 11) is 0. The molecule has 0 bridgehead atoms. The van der Waals surface area contributed by atoms with Gasteiger partial charge >= 0.3 is 0 Å². The molecular formula is C21H16ClFN2O. The van der Waals surface area contributed by atoms with Crippen molar-refractivity contribution in [1.29, 1.82) is 0 Å². The van der Waals surface area contributed by atoms with E-state index in [-0.39, 0.29) is 5.56 Å². The molecule has 1 amide bonds. The number of rotatable bonds is 3. The molecule has 0 saturated carbocycles. The summed E-state index contributed by atoms with van der Waals surface area (Å²) in [6.07, 6.45) is 4.98. The smallest absolute Gasteiger partial charge is 0.259 e. The van der Waals surface area contributed by atoms with E-state index in [9.17, 15) is 9.18 Å². The maximum Gasteiger partial charge on any atom is 0.259 e. The van der Waals surface area contributed by atoms with Gasteiger partial charge in [0.25, 0.3) is 5.91 Å². The lowest BCUT2D eigenvalue weighted by Crippen LogP contribution is -2.14. The van der Waals surface area contributed by atoms with Gasteiger partial charge in [-0.25, -0.2) is 9.37 Å². The molecule has 4 rings (SSSR count). The maximum atomic E-state index is 13.7. The highest BCUT2D eigenvalue weighted by molar-refractivity contribution is 6.33. The highest BCUT2D eigenvalue weighted by atomic mass is 35.5. The predicted molar refractivity (Wildman–Crippen MR) is 101 cm³/mol. The van der Waals surface area contributed by atoms with Gasteiger partial charge in [-0.15, -0.1) is 0 Å². The van der Waals surface area contributed by atoms with E-state index in [1.807, 2.05) is 12.1 Å². The zero-order valence-corrected chi connectivity index (χ0v) is 14.7. The Bertz CT molecular complexity index is 986. The molecule has 1 aromatic heterocycles. The zero-order valence-electron chi connectivity index (χ0n) is 13.9. The van der Waals surface area contributed by atoms with E-state index in [2.05, 4.69) is 16.4 Å². The van der Waals surface area contributed by atoms with E-state index < -0.39 is 11.7 Å². The lowest BCUT2D eigenvalue weighted by atomic mass is 10.0. The molecule has 130 valence electrons. The number of hydrogen-bond acceptors (Lipinski definition) is 2. The Hall–Kier alpha value is -2.72. The van der Waals surface area contributed by atoms with Crippen LogP contribution in [-0.2, 0) is 12.8 Å². The van der Waals surface area contributed by atoms with Crippen molar-refractivity contribution < 1.29 is 9.18 Å². The van der Waals surface area contributed by atoms with Crippen LogP contribution in [0.2, 0.25) is 5.02 Å². The van der Waals surface area contributed by atoms with Gasteiger partial charge in [-0.3, -0.25) is 4.79 Å². The summed E-state index contributed by atoms with van der Waals surface area (Å²) in [4.78, 5) is 16.4. The first-order valence-corrected chi connectivity index (χ1v) is 8.83. The number of nitrogens with one attached hydrogen (secondary N) is 1. The van der Waals surface area contributed by atoms with E-state index in [1.54, 1.807) is 24.4 Å². The van der Waals surface area contributed by atoms with E-state index >= 15 is 0 Å². The molecule has 0 fully saturated rings. The van der Waals surface area contributed by atoms with Crippen LogP contribution in [0.25, 0.3) is 11.1 Å². The van der Waals surface area contributed by atoms with Crippen molar-refractivity contribution >= 4 is 23.3 Å². The van der Waals surface area contributed by atoms with Crippen molar-refractivity contribution in [3.8, 4) is 11.1 Å². The molecule has 2 aromatic carbocycles. The van der Waals surface area contributed by atoms with Crippen molar-refractivity contribution in [2.75, 3.05) is 5.32 Å². The Kier molecular flexibility index (Phi) is 4.43. The summed E-state index contributed by atoms with van der Waals surface area (Å²) in [6.45, 7) is 0. The molecule has 26 heavy (non-hydrogen) atoms. The molecule has 0 spiro atoms. The molecule has 0 unspecified atom stereocenters. The van der Waals surface area contributed by atoms with E-state index in [0.29, 0.717) is 10.8 Å². The van der Waals surface area contributed by atoms with Crippen molar-refractivity contribution in [1.82, 2.24) is 4.98 Å². The highest BCUT2D eigenvalue weighted by Gasteiger charge is 2.16. The third kappa shape index (κ3) is 3.20. The summed E-state index contributed by atoms with van der Waals surface area (Å²) in [5.74, 6) is -0.732. The van der Waals surface area contributed by atoms with Crippen LogP contribution in [0.4, 0.5) is 10.2 Å². The minimum Gasteiger partial charge on any atom is -0.306 e. The van der Waals surface area contributed by atoms with Gasteiger partial charge in [0.2, 0.25) is 0 Å². The summed E-state index contributed by atoms with van der Waals surface area (Å²) in [5, 5.41) is 3.32. The third-order valence-electron chi connectivity index (χ3n) is 4.62. The molecule has 1 aliphatic rings. The Morgan fingerprint density at radius 1 is 1.08 bits per heavy atom. The second-order valence-electron chi connectivity index (χ2n) is 6.32. The van der Waals surface area contributed by atoms with Gasteiger partial charge in [0, 0.05) is 22.3 Å². The van der Waals surface area contributed by atoms with Crippen LogP contribution in [-0.4, -0.2) is 10.9 Å². The van der Waals surface area contributed by atoms with E-state index in [4.69, 9.17) is 11.6 Å². The van der Waals surface area contributed by atoms with Crippen LogP contribution < -0.4 is 5.32 Å². The Morgan fingerprint density at radius 2 is 1.85 bits per heavy atom. The number of carbonyl (C=O) groups excluding carboxylic acids is 1. The van der Waals surface area contributed by atoms with Gasteiger partial charge in [0.05, 0.1) is 5.56 Å². The molecule has 3 aromatic rings. The Morgan fingerprint density at radius 3 is 2.58 bits per heavy atom. The predicted octanol–water partition coefficient (Wildman–Crippen LogP) is 5.28. The Balaban J connectivity index is 1.56. The first-order chi connectivity index (χ1) is 12.6. The van der Waals surface area contributed by atoms with Crippen molar-refractivity contribution in [2.24, 2.45) is 0 Å². The van der Waals surface area contributed by atoms with Crippen molar-refractivity contribution in [3.63, 3.8) is 0 Å². The van der Waals surface area contributed by atoms with Crippen LogP contribution in [0.15, 0.2) is 54.7 Å². The summed E-state index contributed by atoms with van der Waals surface area (Å²) in [6, 6.07) is 13.5. The van der Waals surface area contributed by atoms with Crippen LogP contribution in [0.3, 0.4) is 0 Å². The number of aryl methyl sites for hydroxylation is 2. The molecule has 0 radical (unpaired) electrons. The summed E-state index contributed by atoms with van der Waals surface area (Å²) in [5.41, 5.74) is 4.46. The molecular weight excluding hydrogens is 351 g/mol. The number of carbonyl (C=O) groups is 1. The number of nitrogens with zero attached hydrogens (tertiary/aromatic N) is 1. The molecule has 1 heterocycles. The number of halogens is 2. The monoisotopic (exact) mass is 366 g/mol. The second kappa shape index (κ2) is 6.89. The quantitative estimate of drug-likeness (QED) is 0.685. The van der Waals surface area contributed by atoms with Gasteiger partial charge in [-0.1, -0.05) is 23.7 Å². The lowest BCUT2D eigenvalue weighted by molar-refractivity contribution is 0.102. The fourth-order valence-electron chi connectivity index (χ4n) is 3.27.